The van der Waals surface area contributed by atoms with Crippen molar-refractivity contribution in [3.8, 4) is 0 Å². The van der Waals surface area contributed by atoms with Gasteiger partial charge in [0.25, 0.3) is 0 Å². The van der Waals surface area contributed by atoms with E-state index in [9.17, 15) is 4.79 Å². The molecule has 2 aromatic rings. The molecule has 0 aliphatic rings. The first-order chi connectivity index (χ1) is 9.63. The number of nitrogens with zero attached hydrogens (tertiary/aromatic N) is 1. The Balaban J connectivity index is 2.22. The molecule has 0 saturated carbocycles. The number of rotatable bonds is 5. The number of nitrogens with one attached hydrogen (secondary N) is 2. The number of nitrogen functional groups attached to an aromatic ring is 1. The monoisotopic (exact) mass is 272 g/mol. The predicted octanol–water partition coefficient (Wildman–Crippen LogP) is 2.14. The molecule has 1 unspecified atom stereocenters. The van der Waals surface area contributed by atoms with Crippen LogP contribution in [0.25, 0.3) is 10.8 Å². The molecule has 0 bridgehead atoms. The van der Waals surface area contributed by atoms with Crippen LogP contribution in [0.1, 0.15) is 20.3 Å². The number of hydrogen-bond donors (Lipinski definition) is 3. The lowest BCUT2D eigenvalue weighted by Gasteiger charge is -2.17. The zero-order valence-electron chi connectivity index (χ0n) is 11.8. The second-order valence-corrected chi connectivity index (χ2v) is 4.78. The van der Waals surface area contributed by atoms with Crippen molar-refractivity contribution in [1.82, 2.24) is 10.3 Å². The van der Waals surface area contributed by atoms with Crippen molar-refractivity contribution in [2.24, 2.45) is 0 Å². The summed E-state index contributed by atoms with van der Waals surface area (Å²) in [5, 5.41) is 7.94. The van der Waals surface area contributed by atoms with Gasteiger partial charge in [0.15, 0.2) is 0 Å². The lowest BCUT2D eigenvalue weighted by Crippen LogP contribution is -2.37. The van der Waals surface area contributed by atoms with Crippen LogP contribution in [0.5, 0.6) is 0 Å². The van der Waals surface area contributed by atoms with Crippen LogP contribution in [0.15, 0.2) is 30.6 Å². The number of hydrogen-bond acceptors (Lipinski definition) is 4. The Hall–Kier alpha value is -2.30. The number of nitrogens with two attached hydrogens (primary N) is 1. The van der Waals surface area contributed by atoms with Crippen molar-refractivity contribution in [1.29, 1.82) is 0 Å². The van der Waals surface area contributed by atoms with E-state index in [1.54, 1.807) is 12.4 Å². The zero-order valence-corrected chi connectivity index (χ0v) is 11.8. The number of anilines is 2. The molecule has 1 atom stereocenters. The van der Waals surface area contributed by atoms with Crippen LogP contribution in [0, 0.1) is 0 Å². The Morgan fingerprint density at radius 2 is 2.15 bits per heavy atom. The van der Waals surface area contributed by atoms with E-state index in [1.165, 1.54) is 0 Å². The Bertz CT molecular complexity index is 612. The molecule has 1 heterocycles. The maximum Gasteiger partial charge on any atom is 0.242 e. The van der Waals surface area contributed by atoms with E-state index in [-0.39, 0.29) is 11.9 Å². The second kappa shape index (κ2) is 6.23. The van der Waals surface area contributed by atoms with Crippen molar-refractivity contribution in [2.45, 2.75) is 26.3 Å². The first-order valence-corrected chi connectivity index (χ1v) is 6.80. The highest BCUT2D eigenvalue weighted by atomic mass is 16.2. The van der Waals surface area contributed by atoms with Gasteiger partial charge in [-0.1, -0.05) is 6.92 Å². The van der Waals surface area contributed by atoms with E-state index in [4.69, 9.17) is 5.73 Å². The van der Waals surface area contributed by atoms with Gasteiger partial charge in [0.05, 0.1) is 0 Å². The van der Waals surface area contributed by atoms with Crippen molar-refractivity contribution in [3.63, 3.8) is 0 Å². The van der Waals surface area contributed by atoms with Crippen molar-refractivity contribution >= 4 is 28.1 Å². The third kappa shape index (κ3) is 2.99. The maximum absolute atomic E-state index is 11.9. The summed E-state index contributed by atoms with van der Waals surface area (Å²) in [5.74, 6) is -0.0132. The highest BCUT2D eigenvalue weighted by Gasteiger charge is 2.13. The molecule has 20 heavy (non-hydrogen) atoms. The lowest BCUT2D eigenvalue weighted by atomic mass is 10.1. The standard InChI is InChI=1S/C15H20N4O/c1-3-7-18-15(20)10(2)19-14-5-4-13(16)11-6-8-17-9-12(11)14/h4-6,8-10,19H,3,7,16H2,1-2H3,(H,18,20). The number of aromatic nitrogens is 1. The molecule has 5 heteroatoms. The van der Waals surface area contributed by atoms with E-state index in [1.807, 2.05) is 32.0 Å². The van der Waals surface area contributed by atoms with Crippen LogP contribution in [-0.4, -0.2) is 23.5 Å². The molecule has 1 aromatic heterocycles. The molecule has 5 nitrogen and oxygen atoms in total. The Labute approximate surface area is 118 Å². The molecule has 0 spiro atoms. The van der Waals surface area contributed by atoms with E-state index in [2.05, 4.69) is 15.6 Å². The number of fused-ring (bicyclic) bond motifs is 1. The third-order valence-corrected chi connectivity index (χ3v) is 3.17. The van der Waals surface area contributed by atoms with Crippen molar-refractivity contribution in [2.75, 3.05) is 17.6 Å². The minimum Gasteiger partial charge on any atom is -0.398 e. The summed E-state index contributed by atoms with van der Waals surface area (Å²) in [6, 6.07) is 5.27. The lowest BCUT2D eigenvalue weighted by molar-refractivity contribution is -0.121. The van der Waals surface area contributed by atoms with Crippen LogP contribution in [0.2, 0.25) is 0 Å². The zero-order chi connectivity index (χ0) is 14.5. The van der Waals surface area contributed by atoms with E-state index < -0.39 is 0 Å². The van der Waals surface area contributed by atoms with E-state index in [0.29, 0.717) is 12.2 Å². The quantitative estimate of drug-likeness (QED) is 0.729. The number of carbonyl (C=O) groups excluding carboxylic acids is 1. The van der Waals surface area contributed by atoms with Gasteiger partial charge in [-0.15, -0.1) is 0 Å². The molecule has 2 rings (SSSR count). The van der Waals surface area contributed by atoms with Crippen LogP contribution in [0.4, 0.5) is 11.4 Å². The minimum atomic E-state index is -0.311. The van der Waals surface area contributed by atoms with Crippen molar-refractivity contribution in [3.05, 3.63) is 30.6 Å². The van der Waals surface area contributed by atoms with Gasteiger partial charge in [-0.25, -0.2) is 0 Å². The summed E-state index contributed by atoms with van der Waals surface area (Å²) < 4.78 is 0. The number of benzene rings is 1. The summed E-state index contributed by atoms with van der Waals surface area (Å²) >= 11 is 0. The molecule has 1 aromatic carbocycles. The van der Waals surface area contributed by atoms with Crippen LogP contribution in [0.3, 0.4) is 0 Å². The largest absolute Gasteiger partial charge is 0.398 e. The summed E-state index contributed by atoms with van der Waals surface area (Å²) in [6.45, 7) is 4.55. The van der Waals surface area contributed by atoms with Gasteiger partial charge in [0.1, 0.15) is 6.04 Å². The number of amides is 1. The van der Waals surface area contributed by atoms with Crippen molar-refractivity contribution < 1.29 is 4.79 Å². The topological polar surface area (TPSA) is 80.0 Å². The fourth-order valence-electron chi connectivity index (χ4n) is 2.04. The number of pyridine rings is 1. The van der Waals surface area contributed by atoms with Crippen LogP contribution < -0.4 is 16.4 Å². The van der Waals surface area contributed by atoms with Gasteiger partial charge >= 0.3 is 0 Å². The van der Waals surface area contributed by atoms with Gasteiger partial charge in [0.2, 0.25) is 5.91 Å². The fourth-order valence-corrected chi connectivity index (χ4v) is 2.04. The SMILES string of the molecule is CCCNC(=O)C(C)Nc1ccc(N)c2ccncc12. The summed E-state index contributed by atoms with van der Waals surface area (Å²) in [5.41, 5.74) is 7.51. The van der Waals surface area contributed by atoms with E-state index in [0.717, 1.165) is 22.9 Å². The summed E-state index contributed by atoms with van der Waals surface area (Å²) in [7, 11) is 0. The maximum atomic E-state index is 11.9. The average Bonchev–Trinajstić information content (AvgIpc) is 2.47. The average molecular weight is 272 g/mol. The third-order valence-electron chi connectivity index (χ3n) is 3.17. The van der Waals surface area contributed by atoms with Gasteiger partial charge < -0.3 is 16.4 Å². The molecule has 0 fully saturated rings. The fraction of sp³-hybridized carbons (Fsp3) is 0.333. The first-order valence-electron chi connectivity index (χ1n) is 6.80. The molecule has 0 aliphatic carbocycles. The highest BCUT2D eigenvalue weighted by molar-refractivity contribution is 6.01. The molecule has 106 valence electrons. The number of carbonyl (C=O) groups is 1. The van der Waals surface area contributed by atoms with Crippen LogP contribution in [-0.2, 0) is 4.79 Å². The molecular weight excluding hydrogens is 252 g/mol. The Kier molecular flexibility index (Phi) is 4.40. The predicted molar refractivity (Wildman–Crippen MR) is 82.5 cm³/mol. The molecule has 4 N–H and O–H groups in total. The van der Waals surface area contributed by atoms with Gasteiger partial charge in [-0.3, -0.25) is 9.78 Å². The Morgan fingerprint density at radius 1 is 1.35 bits per heavy atom. The normalized spacial score (nSPS) is 12.1. The van der Waals surface area contributed by atoms with E-state index >= 15 is 0 Å². The smallest absolute Gasteiger partial charge is 0.242 e. The second-order valence-electron chi connectivity index (χ2n) is 4.78. The minimum absolute atomic E-state index is 0.0132. The Morgan fingerprint density at radius 3 is 2.90 bits per heavy atom. The molecule has 0 radical (unpaired) electrons. The van der Waals surface area contributed by atoms with Gasteiger partial charge in [-0.05, 0) is 31.5 Å². The molecule has 0 saturated heterocycles. The highest BCUT2D eigenvalue weighted by Crippen LogP contribution is 2.27. The first kappa shape index (κ1) is 14.1. The van der Waals surface area contributed by atoms with Gasteiger partial charge in [0, 0.05) is 41.1 Å². The molecular formula is C15H20N4O. The molecule has 0 aliphatic heterocycles. The summed E-state index contributed by atoms with van der Waals surface area (Å²) in [4.78, 5) is 16.0. The molecule has 1 amide bonds. The van der Waals surface area contributed by atoms with Crippen LogP contribution >= 0.6 is 0 Å². The van der Waals surface area contributed by atoms with Gasteiger partial charge in [-0.2, -0.15) is 0 Å². The summed E-state index contributed by atoms with van der Waals surface area (Å²) in [6.07, 6.45) is 4.39.